The van der Waals surface area contributed by atoms with Gasteiger partial charge in [-0.25, -0.2) is 0 Å². The first-order valence-electron chi connectivity index (χ1n) is 7.17. The van der Waals surface area contributed by atoms with E-state index in [0.717, 1.165) is 45.2 Å². The van der Waals surface area contributed by atoms with Crippen molar-refractivity contribution < 1.29 is 9.59 Å². The van der Waals surface area contributed by atoms with Crippen molar-refractivity contribution in [2.45, 2.75) is 52.0 Å². The molecule has 1 saturated heterocycles. The largest absolute Gasteiger partial charge is 0.344 e. The molecule has 102 valence electrons. The number of carbonyl (C=O) groups is 2. The van der Waals surface area contributed by atoms with Crippen LogP contribution in [0.2, 0.25) is 0 Å². The molecule has 18 heavy (non-hydrogen) atoms. The molecule has 2 rings (SSSR count). The summed E-state index contributed by atoms with van der Waals surface area (Å²) >= 11 is 0. The van der Waals surface area contributed by atoms with E-state index in [1.54, 1.807) is 0 Å². The zero-order valence-corrected chi connectivity index (χ0v) is 11.4. The highest BCUT2D eigenvalue weighted by Gasteiger charge is 2.34. The molecule has 2 amide bonds. The molecular weight excluding hydrogens is 228 g/mol. The Balaban J connectivity index is 1.93. The summed E-state index contributed by atoms with van der Waals surface area (Å²) < 4.78 is 0. The molecule has 0 aromatic rings. The summed E-state index contributed by atoms with van der Waals surface area (Å²) in [7, 11) is 0. The molecule has 4 heteroatoms. The van der Waals surface area contributed by atoms with Gasteiger partial charge in [-0.1, -0.05) is 13.8 Å². The van der Waals surface area contributed by atoms with Crippen LogP contribution in [0, 0.1) is 11.8 Å². The minimum Gasteiger partial charge on any atom is -0.344 e. The molecule has 0 bridgehead atoms. The van der Waals surface area contributed by atoms with Crippen molar-refractivity contribution in [3.8, 4) is 0 Å². The average molecular weight is 252 g/mol. The third kappa shape index (κ3) is 3.47. The van der Waals surface area contributed by atoms with Crippen molar-refractivity contribution in [1.29, 1.82) is 0 Å². The van der Waals surface area contributed by atoms with E-state index in [4.69, 9.17) is 0 Å². The van der Waals surface area contributed by atoms with Crippen LogP contribution < -0.4 is 5.32 Å². The van der Waals surface area contributed by atoms with Gasteiger partial charge in [0.25, 0.3) is 0 Å². The lowest BCUT2D eigenvalue weighted by Gasteiger charge is -2.25. The van der Waals surface area contributed by atoms with E-state index >= 15 is 0 Å². The van der Waals surface area contributed by atoms with Crippen molar-refractivity contribution in [3.63, 3.8) is 0 Å². The first-order chi connectivity index (χ1) is 8.58. The summed E-state index contributed by atoms with van der Waals surface area (Å²) in [5.74, 6) is 0.787. The molecule has 0 unspecified atom stereocenters. The van der Waals surface area contributed by atoms with E-state index in [2.05, 4.69) is 19.2 Å². The molecule has 2 aliphatic rings. The Kier molecular flexibility index (Phi) is 4.25. The maximum absolute atomic E-state index is 12.4. The fourth-order valence-corrected chi connectivity index (χ4v) is 2.49. The summed E-state index contributed by atoms with van der Waals surface area (Å²) in [5.41, 5.74) is 0. The first kappa shape index (κ1) is 13.4. The van der Waals surface area contributed by atoms with Gasteiger partial charge in [0.1, 0.15) is 6.04 Å². The van der Waals surface area contributed by atoms with E-state index < -0.39 is 0 Å². The molecule has 1 aliphatic heterocycles. The van der Waals surface area contributed by atoms with Crippen molar-refractivity contribution in [1.82, 2.24) is 10.2 Å². The van der Waals surface area contributed by atoms with Gasteiger partial charge in [-0.3, -0.25) is 9.59 Å². The summed E-state index contributed by atoms with van der Waals surface area (Å²) in [6, 6.07) is -0.309. The second-order valence-corrected chi connectivity index (χ2v) is 6.00. The van der Waals surface area contributed by atoms with E-state index in [1.807, 2.05) is 4.90 Å². The van der Waals surface area contributed by atoms with Crippen LogP contribution in [0.5, 0.6) is 0 Å². The fraction of sp³-hybridized carbons (Fsp3) is 0.857. The lowest BCUT2D eigenvalue weighted by atomic mass is 10.0. The van der Waals surface area contributed by atoms with Crippen LogP contribution in [0.25, 0.3) is 0 Å². The minimum atomic E-state index is -0.309. The quantitative estimate of drug-likeness (QED) is 0.807. The number of carbonyl (C=O) groups excluding carboxylic acids is 2. The molecule has 0 spiro atoms. The number of hydrogen-bond donors (Lipinski definition) is 1. The summed E-state index contributed by atoms with van der Waals surface area (Å²) in [5, 5.41) is 2.96. The van der Waals surface area contributed by atoms with Crippen molar-refractivity contribution in [2.75, 3.05) is 13.1 Å². The third-order valence-corrected chi connectivity index (χ3v) is 3.69. The summed E-state index contributed by atoms with van der Waals surface area (Å²) in [6.45, 7) is 5.89. The second kappa shape index (κ2) is 5.72. The number of amides is 2. The second-order valence-electron chi connectivity index (χ2n) is 6.00. The van der Waals surface area contributed by atoms with Gasteiger partial charge < -0.3 is 10.2 Å². The Bertz CT molecular complexity index is 318. The van der Waals surface area contributed by atoms with E-state index in [1.165, 1.54) is 0 Å². The van der Waals surface area contributed by atoms with E-state index in [0.29, 0.717) is 5.92 Å². The number of hydrogen-bond acceptors (Lipinski definition) is 2. The highest BCUT2D eigenvalue weighted by Crippen LogP contribution is 2.29. The first-order valence-corrected chi connectivity index (χ1v) is 7.17. The molecule has 1 saturated carbocycles. The predicted octanol–water partition coefficient (Wildman–Crippen LogP) is 1.55. The summed E-state index contributed by atoms with van der Waals surface area (Å²) in [6.07, 6.45) is 4.90. The van der Waals surface area contributed by atoms with Gasteiger partial charge in [-0.05, 0) is 38.0 Å². The highest BCUT2D eigenvalue weighted by molar-refractivity contribution is 5.89. The molecule has 1 heterocycles. The molecule has 2 fully saturated rings. The Morgan fingerprint density at radius 1 is 1.22 bits per heavy atom. The van der Waals surface area contributed by atoms with Crippen LogP contribution >= 0.6 is 0 Å². The number of likely N-dealkylation sites (tertiary alicyclic amines) is 1. The van der Waals surface area contributed by atoms with Gasteiger partial charge in [0.2, 0.25) is 11.8 Å². The molecule has 4 nitrogen and oxygen atoms in total. The highest BCUT2D eigenvalue weighted by atomic mass is 16.2. The van der Waals surface area contributed by atoms with Gasteiger partial charge in [-0.15, -0.1) is 0 Å². The monoisotopic (exact) mass is 252 g/mol. The molecule has 1 atom stereocenters. The van der Waals surface area contributed by atoms with Crippen molar-refractivity contribution >= 4 is 11.8 Å². The summed E-state index contributed by atoms with van der Waals surface area (Å²) in [4.78, 5) is 26.1. The van der Waals surface area contributed by atoms with Gasteiger partial charge in [0.05, 0.1) is 0 Å². The van der Waals surface area contributed by atoms with Gasteiger partial charge in [0.15, 0.2) is 0 Å². The number of rotatable bonds is 5. The lowest BCUT2D eigenvalue weighted by molar-refractivity contribution is -0.136. The Morgan fingerprint density at radius 2 is 1.83 bits per heavy atom. The fourth-order valence-electron chi connectivity index (χ4n) is 2.49. The van der Waals surface area contributed by atoms with Crippen LogP contribution in [0.3, 0.4) is 0 Å². The molecule has 1 N–H and O–H groups in total. The van der Waals surface area contributed by atoms with Crippen LogP contribution in [-0.4, -0.2) is 35.8 Å². The molecule has 0 radical (unpaired) electrons. The smallest absolute Gasteiger partial charge is 0.245 e. The minimum absolute atomic E-state index is 0.0770. The van der Waals surface area contributed by atoms with Crippen LogP contribution in [0.1, 0.15) is 46.0 Å². The predicted molar refractivity (Wildman–Crippen MR) is 69.9 cm³/mol. The Hall–Kier alpha value is -1.06. The van der Waals surface area contributed by atoms with Gasteiger partial charge in [0, 0.05) is 19.0 Å². The molecule has 0 aromatic carbocycles. The van der Waals surface area contributed by atoms with Crippen LogP contribution in [-0.2, 0) is 9.59 Å². The molecular formula is C14H24N2O2. The number of nitrogens with zero attached hydrogens (tertiary/aromatic N) is 1. The van der Waals surface area contributed by atoms with Crippen LogP contribution in [0.4, 0.5) is 0 Å². The maximum atomic E-state index is 12.4. The van der Waals surface area contributed by atoms with E-state index in [9.17, 15) is 9.59 Å². The average Bonchev–Trinajstić information content (AvgIpc) is 3.03. The third-order valence-electron chi connectivity index (χ3n) is 3.69. The molecule has 0 aromatic heterocycles. The van der Waals surface area contributed by atoms with Gasteiger partial charge >= 0.3 is 0 Å². The van der Waals surface area contributed by atoms with Crippen molar-refractivity contribution in [2.24, 2.45) is 11.8 Å². The normalized spacial score (nSPS) is 21.2. The van der Waals surface area contributed by atoms with Gasteiger partial charge in [-0.2, -0.15) is 0 Å². The van der Waals surface area contributed by atoms with Crippen molar-refractivity contribution in [3.05, 3.63) is 0 Å². The molecule has 1 aliphatic carbocycles. The maximum Gasteiger partial charge on any atom is 0.245 e. The van der Waals surface area contributed by atoms with Crippen LogP contribution in [0.15, 0.2) is 0 Å². The zero-order valence-electron chi connectivity index (χ0n) is 11.4. The SMILES string of the molecule is CC(C)C[C@H](NC(=O)C1CC1)C(=O)N1CCCC1. The number of nitrogens with one attached hydrogen (secondary N) is 1. The van der Waals surface area contributed by atoms with E-state index in [-0.39, 0.29) is 23.8 Å². The lowest BCUT2D eigenvalue weighted by Crippen LogP contribution is -2.48. The Morgan fingerprint density at radius 3 is 2.33 bits per heavy atom. The Labute approximate surface area is 109 Å². The topological polar surface area (TPSA) is 49.4 Å². The standard InChI is InChI=1S/C14H24N2O2/c1-10(2)9-12(15-13(17)11-5-6-11)14(18)16-7-3-4-8-16/h10-12H,3-9H2,1-2H3,(H,15,17)/t12-/m0/s1. The zero-order chi connectivity index (χ0) is 13.1.